The van der Waals surface area contributed by atoms with Crippen LogP contribution in [0.3, 0.4) is 0 Å². The Hall–Kier alpha value is -1.49. The van der Waals surface area contributed by atoms with E-state index < -0.39 is 0 Å². The van der Waals surface area contributed by atoms with Crippen molar-refractivity contribution in [1.82, 2.24) is 15.6 Å². The van der Waals surface area contributed by atoms with E-state index in [1.165, 1.54) is 12.3 Å². The molecule has 0 aromatic carbocycles. The molecule has 1 amide bonds. The van der Waals surface area contributed by atoms with Crippen LogP contribution >= 0.6 is 0 Å². The van der Waals surface area contributed by atoms with Crippen LogP contribution in [0.2, 0.25) is 0 Å². The van der Waals surface area contributed by atoms with Crippen LogP contribution in [0.15, 0.2) is 18.5 Å². The van der Waals surface area contributed by atoms with Crippen LogP contribution in [0, 0.1) is 5.82 Å². The summed E-state index contributed by atoms with van der Waals surface area (Å²) in [7, 11) is 0. The summed E-state index contributed by atoms with van der Waals surface area (Å²) < 4.78 is 13.0. The topological polar surface area (TPSA) is 54.0 Å². The standard InChI is InChI=1S/C13H18FN3O/c1-9(10-6-11(14)8-15-7-10)16-5-4-13(18)17-12-2-3-12/h6-9,12,16H,2-5H2,1H3,(H,17,18). The molecule has 1 aliphatic rings. The average molecular weight is 251 g/mol. The number of carbonyl (C=O) groups excluding carboxylic acids is 1. The number of amides is 1. The van der Waals surface area contributed by atoms with Crippen LogP contribution < -0.4 is 10.6 Å². The maximum absolute atomic E-state index is 13.0. The molecule has 2 N–H and O–H groups in total. The Morgan fingerprint density at radius 3 is 3.00 bits per heavy atom. The summed E-state index contributed by atoms with van der Waals surface area (Å²) in [6.07, 6.45) is 5.46. The minimum atomic E-state index is -0.340. The third-order valence-electron chi connectivity index (χ3n) is 2.97. The Morgan fingerprint density at radius 1 is 1.56 bits per heavy atom. The lowest BCUT2D eigenvalue weighted by atomic mass is 10.1. The third-order valence-corrected chi connectivity index (χ3v) is 2.97. The molecule has 0 radical (unpaired) electrons. The fraction of sp³-hybridized carbons (Fsp3) is 0.538. The zero-order chi connectivity index (χ0) is 13.0. The van der Waals surface area contributed by atoms with E-state index in [1.54, 1.807) is 6.20 Å². The van der Waals surface area contributed by atoms with Gasteiger partial charge in [0, 0.05) is 31.2 Å². The molecule has 1 aromatic rings. The van der Waals surface area contributed by atoms with Crippen LogP contribution in [-0.4, -0.2) is 23.5 Å². The van der Waals surface area contributed by atoms with Gasteiger partial charge in [-0.05, 0) is 31.4 Å². The van der Waals surface area contributed by atoms with Gasteiger partial charge in [-0.15, -0.1) is 0 Å². The minimum Gasteiger partial charge on any atom is -0.353 e. The molecule has 0 bridgehead atoms. The predicted molar refractivity (Wildman–Crippen MR) is 66.4 cm³/mol. The molecule has 1 fully saturated rings. The third kappa shape index (κ3) is 4.07. The molecule has 1 unspecified atom stereocenters. The smallest absolute Gasteiger partial charge is 0.221 e. The number of hydrogen-bond donors (Lipinski definition) is 2. The van der Waals surface area contributed by atoms with Gasteiger partial charge in [-0.1, -0.05) is 0 Å². The van der Waals surface area contributed by atoms with Gasteiger partial charge in [0.15, 0.2) is 0 Å². The van der Waals surface area contributed by atoms with Crippen molar-refractivity contribution in [2.24, 2.45) is 0 Å². The second kappa shape index (κ2) is 5.91. The fourth-order valence-corrected chi connectivity index (χ4v) is 1.71. The Labute approximate surface area is 106 Å². The number of aromatic nitrogens is 1. The molecule has 98 valence electrons. The number of hydrogen-bond acceptors (Lipinski definition) is 3. The number of carbonyl (C=O) groups is 1. The van der Waals surface area contributed by atoms with Crippen molar-refractivity contribution in [3.8, 4) is 0 Å². The average Bonchev–Trinajstić information content (AvgIpc) is 3.12. The minimum absolute atomic E-state index is 0.0121. The van der Waals surface area contributed by atoms with Crippen molar-refractivity contribution in [3.05, 3.63) is 29.8 Å². The van der Waals surface area contributed by atoms with E-state index in [-0.39, 0.29) is 17.8 Å². The first kappa shape index (κ1) is 13.0. The van der Waals surface area contributed by atoms with E-state index in [2.05, 4.69) is 15.6 Å². The molecule has 0 aliphatic heterocycles. The van der Waals surface area contributed by atoms with E-state index in [1.807, 2.05) is 6.92 Å². The first-order chi connectivity index (χ1) is 8.65. The normalized spacial score (nSPS) is 16.3. The highest BCUT2D eigenvalue weighted by molar-refractivity contribution is 5.76. The summed E-state index contributed by atoms with van der Waals surface area (Å²) in [5, 5.41) is 6.11. The molecule has 1 heterocycles. The zero-order valence-corrected chi connectivity index (χ0v) is 10.4. The summed E-state index contributed by atoms with van der Waals surface area (Å²) in [4.78, 5) is 15.2. The van der Waals surface area contributed by atoms with Crippen LogP contribution in [-0.2, 0) is 4.79 Å². The summed E-state index contributed by atoms with van der Waals surface area (Å²) >= 11 is 0. The SMILES string of the molecule is CC(NCCC(=O)NC1CC1)c1cncc(F)c1. The zero-order valence-electron chi connectivity index (χ0n) is 10.4. The number of pyridine rings is 1. The molecular formula is C13H18FN3O. The van der Waals surface area contributed by atoms with Crippen molar-refractivity contribution in [1.29, 1.82) is 0 Å². The van der Waals surface area contributed by atoms with Gasteiger partial charge in [-0.3, -0.25) is 9.78 Å². The summed E-state index contributed by atoms with van der Waals surface area (Å²) in [6.45, 7) is 2.51. The molecule has 1 aliphatic carbocycles. The van der Waals surface area contributed by atoms with E-state index in [0.717, 1.165) is 18.4 Å². The summed E-state index contributed by atoms with van der Waals surface area (Å²) in [6, 6.07) is 1.85. The van der Waals surface area contributed by atoms with Gasteiger partial charge in [-0.2, -0.15) is 0 Å². The van der Waals surface area contributed by atoms with Crippen LogP contribution in [0.25, 0.3) is 0 Å². The quantitative estimate of drug-likeness (QED) is 0.806. The van der Waals surface area contributed by atoms with Crippen molar-refractivity contribution < 1.29 is 9.18 Å². The summed E-state index contributed by atoms with van der Waals surface area (Å²) in [5.74, 6) is -0.262. The number of halogens is 1. The lowest BCUT2D eigenvalue weighted by molar-refractivity contribution is -0.121. The molecule has 1 atom stereocenters. The Bertz CT molecular complexity index is 420. The van der Waals surface area contributed by atoms with Crippen molar-refractivity contribution in [2.75, 3.05) is 6.54 Å². The van der Waals surface area contributed by atoms with Gasteiger partial charge in [0.2, 0.25) is 5.91 Å². The van der Waals surface area contributed by atoms with Crippen molar-refractivity contribution in [2.45, 2.75) is 38.3 Å². The van der Waals surface area contributed by atoms with Gasteiger partial charge in [0.25, 0.3) is 0 Å². The molecular weight excluding hydrogens is 233 g/mol. The second-order valence-electron chi connectivity index (χ2n) is 4.70. The summed E-state index contributed by atoms with van der Waals surface area (Å²) in [5.41, 5.74) is 0.789. The van der Waals surface area contributed by atoms with Crippen LogP contribution in [0.1, 0.15) is 37.8 Å². The Kier molecular flexibility index (Phi) is 4.25. The molecule has 4 nitrogen and oxygen atoms in total. The van der Waals surface area contributed by atoms with Crippen LogP contribution in [0.4, 0.5) is 4.39 Å². The molecule has 2 rings (SSSR count). The fourth-order valence-electron chi connectivity index (χ4n) is 1.71. The monoisotopic (exact) mass is 251 g/mol. The Balaban J connectivity index is 1.70. The van der Waals surface area contributed by atoms with Gasteiger partial charge < -0.3 is 10.6 Å². The van der Waals surface area contributed by atoms with Gasteiger partial charge in [0.05, 0.1) is 6.20 Å². The van der Waals surface area contributed by atoms with E-state index in [9.17, 15) is 9.18 Å². The number of rotatable bonds is 6. The maximum Gasteiger partial charge on any atom is 0.221 e. The molecule has 1 aromatic heterocycles. The second-order valence-corrected chi connectivity index (χ2v) is 4.70. The highest BCUT2D eigenvalue weighted by Gasteiger charge is 2.22. The van der Waals surface area contributed by atoms with E-state index >= 15 is 0 Å². The first-order valence-corrected chi connectivity index (χ1v) is 6.28. The van der Waals surface area contributed by atoms with Crippen LogP contribution in [0.5, 0.6) is 0 Å². The van der Waals surface area contributed by atoms with Gasteiger partial charge in [-0.25, -0.2) is 4.39 Å². The first-order valence-electron chi connectivity index (χ1n) is 6.28. The molecule has 5 heteroatoms. The van der Waals surface area contributed by atoms with Crippen molar-refractivity contribution >= 4 is 5.91 Å². The number of nitrogens with zero attached hydrogens (tertiary/aromatic N) is 1. The highest BCUT2D eigenvalue weighted by atomic mass is 19.1. The molecule has 18 heavy (non-hydrogen) atoms. The van der Waals surface area contributed by atoms with Gasteiger partial charge in [0.1, 0.15) is 5.82 Å². The largest absolute Gasteiger partial charge is 0.353 e. The Morgan fingerprint density at radius 2 is 2.33 bits per heavy atom. The lowest BCUT2D eigenvalue weighted by Crippen LogP contribution is -2.30. The van der Waals surface area contributed by atoms with Crippen molar-refractivity contribution in [3.63, 3.8) is 0 Å². The highest BCUT2D eigenvalue weighted by Crippen LogP contribution is 2.18. The van der Waals surface area contributed by atoms with Gasteiger partial charge >= 0.3 is 0 Å². The molecule has 1 saturated carbocycles. The predicted octanol–water partition coefficient (Wildman–Crippen LogP) is 1.54. The van der Waals surface area contributed by atoms with E-state index in [4.69, 9.17) is 0 Å². The number of nitrogens with one attached hydrogen (secondary N) is 2. The van der Waals surface area contributed by atoms with E-state index in [0.29, 0.717) is 19.0 Å². The molecule has 0 spiro atoms. The maximum atomic E-state index is 13.0. The molecule has 0 saturated heterocycles. The lowest BCUT2D eigenvalue weighted by Gasteiger charge is -2.13.